The number of nitrogens with zero attached hydrogens (tertiary/aromatic N) is 2. The van der Waals surface area contributed by atoms with Crippen molar-refractivity contribution in [1.29, 1.82) is 0 Å². The summed E-state index contributed by atoms with van der Waals surface area (Å²) in [6, 6.07) is 21.0. The maximum absolute atomic E-state index is 13.5. The monoisotopic (exact) mass is 454 g/mol. The Balaban J connectivity index is 1.82. The maximum Gasteiger partial charge on any atom is 0.261 e. The first kappa shape index (κ1) is 20.9. The van der Waals surface area contributed by atoms with Crippen LogP contribution in [0, 0.1) is 0 Å². The van der Waals surface area contributed by atoms with Crippen molar-refractivity contribution >= 4 is 55.8 Å². The fourth-order valence-corrected chi connectivity index (χ4v) is 4.83. The molecular formula is C24H20Cl2N2OS. The van der Waals surface area contributed by atoms with Crippen LogP contribution in [-0.2, 0) is 6.54 Å². The number of amides is 1. The van der Waals surface area contributed by atoms with Crippen LogP contribution in [0.25, 0.3) is 10.2 Å². The van der Waals surface area contributed by atoms with E-state index < -0.39 is 0 Å². The number of para-hydroxylation sites is 1. The van der Waals surface area contributed by atoms with Gasteiger partial charge in [-0.1, -0.05) is 90.9 Å². The summed E-state index contributed by atoms with van der Waals surface area (Å²) in [6.07, 6.45) is 0. The van der Waals surface area contributed by atoms with Crippen LogP contribution in [0.4, 0.5) is 5.13 Å². The first-order chi connectivity index (χ1) is 14.4. The Morgan fingerprint density at radius 3 is 2.50 bits per heavy atom. The highest BCUT2D eigenvalue weighted by Crippen LogP contribution is 2.35. The Bertz CT molecular complexity index is 1200. The van der Waals surface area contributed by atoms with Crippen LogP contribution in [0.5, 0.6) is 0 Å². The second kappa shape index (κ2) is 8.76. The summed E-state index contributed by atoms with van der Waals surface area (Å²) in [5, 5.41) is 1.47. The zero-order valence-corrected chi connectivity index (χ0v) is 18.9. The van der Waals surface area contributed by atoms with Crippen molar-refractivity contribution in [2.24, 2.45) is 0 Å². The van der Waals surface area contributed by atoms with Gasteiger partial charge >= 0.3 is 0 Å². The normalized spacial score (nSPS) is 11.2. The van der Waals surface area contributed by atoms with Crippen molar-refractivity contribution in [2.45, 2.75) is 26.3 Å². The van der Waals surface area contributed by atoms with Crippen molar-refractivity contribution in [2.75, 3.05) is 4.90 Å². The second-order valence-electron chi connectivity index (χ2n) is 7.35. The molecule has 0 aliphatic carbocycles. The Kier molecular flexibility index (Phi) is 6.09. The summed E-state index contributed by atoms with van der Waals surface area (Å²) in [5.74, 6) is 0.137. The molecule has 0 aliphatic rings. The molecule has 1 heterocycles. The number of thiazole rings is 1. The molecule has 152 valence electrons. The topological polar surface area (TPSA) is 33.2 Å². The van der Waals surface area contributed by atoms with E-state index in [1.165, 1.54) is 16.9 Å². The number of halogens is 2. The molecule has 4 aromatic rings. The van der Waals surface area contributed by atoms with Crippen LogP contribution in [0.1, 0.15) is 41.3 Å². The third-order valence-corrected chi connectivity index (χ3v) is 6.47. The highest BCUT2D eigenvalue weighted by Gasteiger charge is 2.24. The van der Waals surface area contributed by atoms with E-state index in [0.717, 1.165) is 15.8 Å². The molecule has 0 radical (unpaired) electrons. The molecule has 1 amide bonds. The molecule has 0 aliphatic heterocycles. The van der Waals surface area contributed by atoms with E-state index in [0.29, 0.717) is 33.2 Å². The fraction of sp³-hybridized carbons (Fsp3) is 0.167. The van der Waals surface area contributed by atoms with Crippen molar-refractivity contribution in [3.8, 4) is 0 Å². The van der Waals surface area contributed by atoms with Gasteiger partial charge in [0, 0.05) is 5.02 Å². The number of rotatable bonds is 5. The number of carbonyl (C=O) groups excluding carboxylic acids is 1. The van der Waals surface area contributed by atoms with Gasteiger partial charge in [-0.15, -0.1) is 0 Å². The van der Waals surface area contributed by atoms with Crippen molar-refractivity contribution in [1.82, 2.24) is 4.98 Å². The van der Waals surface area contributed by atoms with E-state index in [4.69, 9.17) is 28.2 Å². The van der Waals surface area contributed by atoms with E-state index in [1.54, 1.807) is 23.1 Å². The van der Waals surface area contributed by atoms with Gasteiger partial charge < -0.3 is 0 Å². The SMILES string of the molecule is CC(C)c1cccc2sc(N(Cc3ccccc3)C(=O)c3ccc(Cl)cc3Cl)nc12. The zero-order chi connectivity index (χ0) is 21.3. The summed E-state index contributed by atoms with van der Waals surface area (Å²) < 4.78 is 1.06. The van der Waals surface area contributed by atoms with Crippen LogP contribution in [-0.4, -0.2) is 10.9 Å². The first-order valence-corrected chi connectivity index (χ1v) is 11.2. The smallest absolute Gasteiger partial charge is 0.261 e. The minimum atomic E-state index is -0.203. The van der Waals surface area contributed by atoms with Crippen LogP contribution in [0.15, 0.2) is 66.7 Å². The molecule has 0 atom stereocenters. The average Bonchev–Trinajstić information content (AvgIpc) is 3.16. The third-order valence-electron chi connectivity index (χ3n) is 4.88. The number of hydrogen-bond donors (Lipinski definition) is 0. The Hall–Kier alpha value is -2.40. The molecule has 4 rings (SSSR count). The lowest BCUT2D eigenvalue weighted by Gasteiger charge is -2.21. The predicted octanol–water partition coefficient (Wildman–Crippen LogP) is 7.57. The summed E-state index contributed by atoms with van der Waals surface area (Å²) in [7, 11) is 0. The number of aromatic nitrogens is 1. The van der Waals surface area contributed by atoms with Crippen LogP contribution >= 0.6 is 34.5 Å². The van der Waals surface area contributed by atoms with Gasteiger partial charge in [0.05, 0.1) is 27.3 Å². The van der Waals surface area contributed by atoms with Gasteiger partial charge in [-0.25, -0.2) is 4.98 Å². The van der Waals surface area contributed by atoms with E-state index >= 15 is 0 Å². The van der Waals surface area contributed by atoms with Gasteiger partial charge in [0.15, 0.2) is 5.13 Å². The summed E-state index contributed by atoms with van der Waals surface area (Å²) in [4.78, 5) is 20.1. The molecule has 1 aromatic heterocycles. The van der Waals surface area contributed by atoms with Gasteiger partial charge in [0.25, 0.3) is 5.91 Å². The number of carbonyl (C=O) groups is 1. The van der Waals surface area contributed by atoms with Gasteiger partial charge in [-0.3, -0.25) is 9.69 Å². The Labute approximate surface area is 189 Å². The number of benzene rings is 3. The standard InChI is InChI=1S/C24H20Cl2N2OS/c1-15(2)18-9-6-10-21-22(18)27-24(30-21)28(14-16-7-4-3-5-8-16)23(29)19-12-11-17(25)13-20(19)26/h3-13,15H,14H2,1-2H3. The molecule has 3 aromatic carbocycles. The lowest BCUT2D eigenvalue weighted by atomic mass is 10.0. The Morgan fingerprint density at radius 2 is 1.80 bits per heavy atom. The van der Waals surface area contributed by atoms with E-state index in [9.17, 15) is 4.79 Å². The maximum atomic E-state index is 13.5. The lowest BCUT2D eigenvalue weighted by Crippen LogP contribution is -2.30. The lowest BCUT2D eigenvalue weighted by molar-refractivity contribution is 0.0985. The van der Waals surface area contributed by atoms with Crippen molar-refractivity contribution < 1.29 is 4.79 Å². The van der Waals surface area contributed by atoms with Crippen LogP contribution in [0.3, 0.4) is 0 Å². The minimum Gasteiger partial charge on any atom is -0.279 e. The zero-order valence-electron chi connectivity index (χ0n) is 16.6. The first-order valence-electron chi connectivity index (χ1n) is 9.64. The molecule has 30 heavy (non-hydrogen) atoms. The number of fused-ring (bicyclic) bond motifs is 1. The molecule has 3 nitrogen and oxygen atoms in total. The van der Waals surface area contributed by atoms with Gasteiger partial charge in [0.1, 0.15) is 0 Å². The number of anilines is 1. The largest absolute Gasteiger partial charge is 0.279 e. The molecule has 0 saturated carbocycles. The summed E-state index contributed by atoms with van der Waals surface area (Å²) in [6.45, 7) is 4.69. The van der Waals surface area contributed by atoms with E-state index in [1.807, 2.05) is 42.5 Å². The highest BCUT2D eigenvalue weighted by atomic mass is 35.5. The summed E-state index contributed by atoms with van der Waals surface area (Å²) in [5.41, 5.74) is 3.53. The molecule has 0 fully saturated rings. The second-order valence-corrected chi connectivity index (χ2v) is 9.20. The molecule has 6 heteroatoms. The average molecular weight is 455 g/mol. The molecule has 0 spiro atoms. The molecular weight excluding hydrogens is 435 g/mol. The third kappa shape index (κ3) is 4.22. The quantitative estimate of drug-likeness (QED) is 0.311. The van der Waals surface area contributed by atoms with Crippen molar-refractivity contribution in [3.05, 3.63) is 93.5 Å². The number of hydrogen-bond acceptors (Lipinski definition) is 3. The molecule has 0 bridgehead atoms. The molecule has 0 N–H and O–H groups in total. The van der Waals surface area contributed by atoms with Crippen molar-refractivity contribution in [3.63, 3.8) is 0 Å². The van der Waals surface area contributed by atoms with E-state index in [2.05, 4.69) is 19.9 Å². The summed E-state index contributed by atoms with van der Waals surface area (Å²) >= 11 is 13.9. The fourth-order valence-electron chi connectivity index (χ4n) is 3.34. The molecule has 0 unspecified atom stereocenters. The van der Waals surface area contributed by atoms with Crippen LogP contribution in [0.2, 0.25) is 10.0 Å². The van der Waals surface area contributed by atoms with Gasteiger partial charge in [-0.2, -0.15) is 0 Å². The predicted molar refractivity (Wildman–Crippen MR) is 127 cm³/mol. The van der Waals surface area contributed by atoms with E-state index in [-0.39, 0.29) is 5.91 Å². The van der Waals surface area contributed by atoms with Crippen LogP contribution < -0.4 is 4.90 Å². The minimum absolute atomic E-state index is 0.203. The van der Waals surface area contributed by atoms with Gasteiger partial charge in [-0.05, 0) is 41.3 Å². The highest BCUT2D eigenvalue weighted by molar-refractivity contribution is 7.22. The Morgan fingerprint density at radius 1 is 1.03 bits per heavy atom. The molecule has 0 saturated heterocycles. The van der Waals surface area contributed by atoms with Gasteiger partial charge in [0.2, 0.25) is 0 Å².